The number of carbonyl (C=O) groups is 2. The minimum atomic E-state index is -0.00428. The molecular formula is C70H99Br2ClN4O4S2. The van der Waals surface area contributed by atoms with E-state index in [1.807, 2.05) is 40.1 Å². The van der Waals surface area contributed by atoms with Crippen molar-refractivity contribution in [3.05, 3.63) is 140 Å². The Morgan fingerprint density at radius 2 is 0.892 bits per heavy atom. The molecule has 83 heavy (non-hydrogen) atoms. The van der Waals surface area contributed by atoms with Gasteiger partial charge in [-0.05, 0) is 84.3 Å². The van der Waals surface area contributed by atoms with Crippen molar-refractivity contribution in [3.63, 3.8) is 0 Å². The van der Waals surface area contributed by atoms with E-state index in [-0.39, 0.29) is 45.8 Å². The van der Waals surface area contributed by atoms with E-state index in [1.54, 1.807) is 36.5 Å². The van der Waals surface area contributed by atoms with Gasteiger partial charge in [-0.1, -0.05) is 221 Å². The van der Waals surface area contributed by atoms with Gasteiger partial charge in [0.25, 0.3) is 10.0 Å². The molecular weight excluding hydrogens is 1220 g/mol. The van der Waals surface area contributed by atoms with E-state index >= 15 is 0 Å². The zero-order chi connectivity index (χ0) is 57.4. The standard InChI is InChI=1S/C70H99ClN4O4S2.2BrH/c1-7-9-11-13-15-17-19-21-23-25-27-33-48-78-64-39-35-36-60(50-64)44-46-74(58(5)76)66-40-31-29-37-62(66)54-72-52-56(3)80-69(72)70-73(53-57(4)81-70)55-63-38-30-32-41-67(63)75(59(6)77)47-45-61-42-43-68(65(71)51-61)79-49-34-28-26-24-22-20-18-16-14-12-10-8-2;;/h29-32,35-43,50-53H,7-28,33-34,44-49,54-55H2,1-6H3;2*1H/q+2;;/p-2. The summed E-state index contributed by atoms with van der Waals surface area (Å²) in [5.41, 5.74) is 6.20. The highest BCUT2D eigenvalue weighted by Crippen LogP contribution is 2.37. The molecule has 0 radical (unpaired) electrons. The predicted octanol–water partition coefficient (Wildman–Crippen LogP) is 14.4. The number of ether oxygens (including phenoxy) is 2. The van der Waals surface area contributed by atoms with Crippen molar-refractivity contribution in [1.29, 1.82) is 0 Å². The molecule has 2 aromatic heterocycles. The van der Waals surface area contributed by atoms with Crippen LogP contribution in [0, 0.1) is 13.8 Å². The number of hydrogen-bond donors (Lipinski definition) is 0. The first-order chi connectivity index (χ1) is 39.5. The minimum Gasteiger partial charge on any atom is -1.00 e. The Morgan fingerprint density at radius 1 is 0.494 bits per heavy atom. The van der Waals surface area contributed by atoms with Crippen LogP contribution < -0.4 is 53.2 Å². The Bertz CT molecular complexity index is 2780. The van der Waals surface area contributed by atoms with Gasteiger partial charge in [0.05, 0.1) is 31.3 Å². The molecule has 2 amide bonds. The molecule has 0 spiro atoms. The van der Waals surface area contributed by atoms with Gasteiger partial charge in [-0.15, -0.1) is 0 Å². The number of benzene rings is 4. The second-order valence-electron chi connectivity index (χ2n) is 22.5. The molecule has 2 heterocycles. The van der Waals surface area contributed by atoms with Crippen LogP contribution in [0.5, 0.6) is 11.5 Å². The van der Waals surface area contributed by atoms with E-state index in [2.05, 4.69) is 110 Å². The average Bonchev–Trinajstić information content (AvgIpc) is 4.28. The number of nitrogens with zero attached hydrogens (tertiary/aromatic N) is 4. The summed E-state index contributed by atoms with van der Waals surface area (Å²) in [6.07, 6.45) is 37.5. The van der Waals surface area contributed by atoms with Crippen molar-refractivity contribution in [2.75, 3.05) is 36.1 Å². The topological polar surface area (TPSA) is 68.9 Å². The van der Waals surface area contributed by atoms with Crippen LogP contribution >= 0.6 is 34.3 Å². The molecule has 0 saturated heterocycles. The van der Waals surface area contributed by atoms with Crippen molar-refractivity contribution in [2.24, 2.45) is 0 Å². The number of rotatable bonds is 41. The van der Waals surface area contributed by atoms with Gasteiger partial charge in [-0.2, -0.15) is 0 Å². The van der Waals surface area contributed by atoms with Crippen molar-refractivity contribution < 1.29 is 53.0 Å². The zero-order valence-electron chi connectivity index (χ0n) is 51.3. The van der Waals surface area contributed by atoms with E-state index in [1.165, 1.54) is 151 Å². The van der Waals surface area contributed by atoms with Gasteiger partial charge in [0, 0.05) is 74.8 Å². The molecule has 0 unspecified atom stereocenters. The van der Waals surface area contributed by atoms with Gasteiger partial charge in [0.15, 0.2) is 22.1 Å². The van der Waals surface area contributed by atoms with Crippen LogP contribution in [-0.2, 0) is 35.5 Å². The molecule has 13 heteroatoms. The number of halogens is 3. The molecule has 0 aliphatic heterocycles. The third-order valence-electron chi connectivity index (χ3n) is 15.6. The van der Waals surface area contributed by atoms with E-state index in [0.717, 1.165) is 74.6 Å². The van der Waals surface area contributed by atoms with Crippen LogP contribution in [0.3, 0.4) is 0 Å². The highest BCUT2D eigenvalue weighted by Gasteiger charge is 2.30. The van der Waals surface area contributed by atoms with Crippen LogP contribution in [0.15, 0.2) is 103 Å². The monoisotopic (exact) mass is 1320 g/mol. The van der Waals surface area contributed by atoms with E-state index < -0.39 is 0 Å². The maximum Gasteiger partial charge on any atom is 0.295 e. The Hall–Kier alpha value is -4.07. The van der Waals surface area contributed by atoms with Crippen LogP contribution in [0.4, 0.5) is 11.4 Å². The van der Waals surface area contributed by atoms with Gasteiger partial charge >= 0.3 is 0 Å². The molecule has 8 nitrogen and oxygen atoms in total. The number of hydrogen-bond acceptors (Lipinski definition) is 6. The second-order valence-corrected chi connectivity index (χ2v) is 25.4. The quantitative estimate of drug-likeness (QED) is 0.0283. The van der Waals surface area contributed by atoms with Crippen LogP contribution in [0.25, 0.3) is 10.0 Å². The summed E-state index contributed by atoms with van der Waals surface area (Å²) >= 11 is 10.4. The Balaban J connectivity index is 0.00000740. The summed E-state index contributed by atoms with van der Waals surface area (Å²) in [7, 11) is 0. The number of aromatic nitrogens is 2. The van der Waals surface area contributed by atoms with Gasteiger partial charge in [-0.25, -0.2) is 9.13 Å². The first-order valence-electron chi connectivity index (χ1n) is 31.4. The fourth-order valence-electron chi connectivity index (χ4n) is 11.0. The number of para-hydroxylation sites is 2. The lowest BCUT2D eigenvalue weighted by atomic mass is 10.1. The Labute approximate surface area is 535 Å². The third-order valence-corrected chi connectivity index (χ3v) is 18.1. The van der Waals surface area contributed by atoms with Gasteiger partial charge in [-0.3, -0.25) is 9.59 Å². The van der Waals surface area contributed by atoms with Gasteiger partial charge in [0.1, 0.15) is 11.5 Å². The molecule has 4 aromatic carbocycles. The summed E-state index contributed by atoms with van der Waals surface area (Å²) in [5.74, 6) is 1.64. The predicted molar refractivity (Wildman–Crippen MR) is 347 cm³/mol. The SMILES string of the molecule is CCCCCCCCCCCCCCOc1cccc(CCN(C(C)=O)c2ccccc2Cn2cc(C)s[c+]2-[c+]2sc(C)cn2Cc2ccccc2N(CCc2ccc(OCCCCCCCCCCCCCC)c(Cl)c2)C(C)=O)c1.[Br-].[Br-]. The van der Waals surface area contributed by atoms with Gasteiger partial charge in [0.2, 0.25) is 11.8 Å². The molecule has 0 N–H and O–H groups in total. The lowest BCUT2D eigenvalue weighted by Crippen LogP contribution is -3.00. The smallest absolute Gasteiger partial charge is 0.295 e. The molecule has 0 saturated carbocycles. The summed E-state index contributed by atoms with van der Waals surface area (Å²) in [6, 6.07) is 31.1. The van der Waals surface area contributed by atoms with Crippen molar-refractivity contribution in [1.82, 2.24) is 9.13 Å². The Kier molecular flexibility index (Phi) is 35.4. The molecule has 6 rings (SSSR count). The van der Waals surface area contributed by atoms with E-state index in [0.29, 0.717) is 50.7 Å². The first-order valence-corrected chi connectivity index (χ1v) is 33.4. The lowest BCUT2D eigenvalue weighted by Gasteiger charge is -2.24. The van der Waals surface area contributed by atoms with Crippen LogP contribution in [-0.4, -0.2) is 47.3 Å². The number of aryl methyl sites for hydroxylation is 2. The lowest BCUT2D eigenvalue weighted by molar-refractivity contribution is -0.117. The zero-order valence-corrected chi connectivity index (χ0v) is 56.9. The number of anilines is 2. The fourth-order valence-corrected chi connectivity index (χ4v) is 13.4. The maximum absolute atomic E-state index is 13.5. The maximum atomic E-state index is 13.5. The summed E-state index contributed by atoms with van der Waals surface area (Å²) in [5, 5.41) is 2.91. The van der Waals surface area contributed by atoms with Crippen LogP contribution in [0.1, 0.15) is 214 Å². The van der Waals surface area contributed by atoms with E-state index in [9.17, 15) is 9.59 Å². The molecule has 0 aliphatic rings. The molecule has 6 aromatic rings. The largest absolute Gasteiger partial charge is 1.00 e. The molecule has 456 valence electrons. The first kappa shape index (κ1) is 71.4. The average molecular weight is 1320 g/mol. The minimum absolute atomic E-state index is 0. The van der Waals surface area contributed by atoms with Crippen molar-refractivity contribution in [3.8, 4) is 21.5 Å². The third kappa shape index (κ3) is 25.4. The summed E-state index contributed by atoms with van der Waals surface area (Å²) < 4.78 is 17.0. The highest BCUT2D eigenvalue weighted by molar-refractivity contribution is 7.21. The van der Waals surface area contributed by atoms with Crippen molar-refractivity contribution in [2.45, 2.75) is 222 Å². The number of carbonyl (C=O) groups excluding carboxylic acids is 2. The number of thiazole rings is 2. The molecule has 0 fully saturated rings. The normalized spacial score (nSPS) is 11.1. The fraction of sp³-hybridized carbons (Fsp3) is 0.543. The van der Waals surface area contributed by atoms with Gasteiger partial charge < -0.3 is 53.2 Å². The summed E-state index contributed by atoms with van der Waals surface area (Å²) in [6.45, 7) is 15.9. The van der Waals surface area contributed by atoms with Crippen LogP contribution in [0.2, 0.25) is 5.02 Å². The second kappa shape index (κ2) is 41.1. The molecule has 0 aliphatic carbocycles. The molecule has 0 bridgehead atoms. The molecule has 0 atom stereocenters. The number of amides is 2. The Morgan fingerprint density at radius 3 is 1.31 bits per heavy atom. The number of unbranched alkanes of at least 4 members (excludes halogenated alkanes) is 22. The summed E-state index contributed by atoms with van der Waals surface area (Å²) in [4.78, 5) is 33.3. The van der Waals surface area contributed by atoms with Crippen molar-refractivity contribution >= 4 is 57.5 Å². The van der Waals surface area contributed by atoms with E-state index in [4.69, 9.17) is 21.1 Å². The highest BCUT2D eigenvalue weighted by atomic mass is 79.9.